The number of nitrogens with zero attached hydrogens (tertiary/aromatic N) is 1. The van der Waals surface area contributed by atoms with Crippen LogP contribution in [0, 0.1) is 17.0 Å². The minimum absolute atomic E-state index is 0.0467. The second-order valence-electron chi connectivity index (χ2n) is 4.47. The molecule has 1 aliphatic carbocycles. The van der Waals surface area contributed by atoms with Gasteiger partial charge in [-0.1, -0.05) is 24.6 Å². The summed E-state index contributed by atoms with van der Waals surface area (Å²) in [4.78, 5) is 22.0. The predicted octanol–water partition coefficient (Wildman–Crippen LogP) is 2.41. The lowest BCUT2D eigenvalue weighted by molar-refractivity contribution is -0.386. The van der Waals surface area contributed by atoms with Crippen molar-refractivity contribution in [2.45, 2.75) is 31.6 Å². The highest BCUT2D eigenvalue weighted by atomic mass is 16.6. The topological polar surface area (TPSA) is 80.4 Å². The van der Waals surface area contributed by atoms with Gasteiger partial charge in [0.25, 0.3) is 5.69 Å². The van der Waals surface area contributed by atoms with E-state index in [1.54, 1.807) is 25.1 Å². The summed E-state index contributed by atoms with van der Waals surface area (Å²) in [5.41, 5.74) is -0.232. The number of nitro benzene ring substituents is 1. The van der Waals surface area contributed by atoms with Gasteiger partial charge in [0.15, 0.2) is 0 Å². The summed E-state index contributed by atoms with van der Waals surface area (Å²) in [5.74, 6) is -0.961. The molecular weight excluding hydrogens is 222 g/mol. The summed E-state index contributed by atoms with van der Waals surface area (Å²) >= 11 is 0. The Bertz CT molecular complexity index is 491. The summed E-state index contributed by atoms with van der Waals surface area (Å²) < 4.78 is 0. The van der Waals surface area contributed by atoms with Crippen LogP contribution in [0.2, 0.25) is 0 Å². The number of rotatable bonds is 3. The molecule has 0 aliphatic heterocycles. The molecule has 2 rings (SSSR count). The molecule has 1 N–H and O–H groups in total. The number of aliphatic carboxylic acids is 1. The third-order valence-corrected chi connectivity index (χ3v) is 3.55. The van der Waals surface area contributed by atoms with E-state index in [2.05, 4.69) is 0 Å². The predicted molar refractivity (Wildman–Crippen MR) is 61.0 cm³/mol. The van der Waals surface area contributed by atoms with Crippen molar-refractivity contribution in [2.24, 2.45) is 0 Å². The van der Waals surface area contributed by atoms with Crippen molar-refractivity contribution in [3.05, 3.63) is 39.4 Å². The van der Waals surface area contributed by atoms with Crippen molar-refractivity contribution < 1.29 is 14.8 Å². The van der Waals surface area contributed by atoms with Crippen LogP contribution in [0.1, 0.15) is 30.4 Å². The average Bonchev–Trinajstić information content (AvgIpc) is 2.14. The van der Waals surface area contributed by atoms with Crippen LogP contribution in [0.25, 0.3) is 0 Å². The number of benzene rings is 1. The fourth-order valence-corrected chi connectivity index (χ4v) is 2.42. The molecule has 0 amide bonds. The number of aryl methyl sites for hydroxylation is 1. The van der Waals surface area contributed by atoms with Gasteiger partial charge in [0, 0.05) is 11.1 Å². The number of para-hydroxylation sites is 1. The normalized spacial score (nSPS) is 17.2. The maximum atomic E-state index is 11.4. The van der Waals surface area contributed by atoms with Crippen LogP contribution in [-0.4, -0.2) is 16.0 Å². The molecule has 0 heterocycles. The number of carboxylic acids is 1. The fraction of sp³-hybridized carbons (Fsp3) is 0.417. The summed E-state index contributed by atoms with van der Waals surface area (Å²) in [6.07, 6.45) is 1.76. The Morgan fingerprint density at radius 3 is 2.53 bits per heavy atom. The molecule has 0 atom stereocenters. The molecule has 0 aromatic heterocycles. The minimum Gasteiger partial charge on any atom is -0.481 e. The average molecular weight is 235 g/mol. The summed E-state index contributed by atoms with van der Waals surface area (Å²) in [7, 11) is 0. The Kier molecular flexibility index (Phi) is 2.61. The second kappa shape index (κ2) is 3.84. The third-order valence-electron chi connectivity index (χ3n) is 3.55. The van der Waals surface area contributed by atoms with Crippen LogP contribution >= 0.6 is 0 Å². The molecule has 0 spiro atoms. The molecule has 1 aliphatic rings. The molecule has 90 valence electrons. The maximum absolute atomic E-state index is 11.4. The van der Waals surface area contributed by atoms with E-state index < -0.39 is 16.3 Å². The zero-order valence-electron chi connectivity index (χ0n) is 9.47. The first-order valence-corrected chi connectivity index (χ1v) is 5.47. The van der Waals surface area contributed by atoms with E-state index in [1.807, 2.05) is 0 Å². The first kappa shape index (κ1) is 11.6. The highest BCUT2D eigenvalue weighted by molar-refractivity contribution is 5.84. The Labute approximate surface area is 98.2 Å². The van der Waals surface area contributed by atoms with Crippen molar-refractivity contribution in [1.82, 2.24) is 0 Å². The van der Waals surface area contributed by atoms with Gasteiger partial charge < -0.3 is 5.11 Å². The van der Waals surface area contributed by atoms with Crippen molar-refractivity contribution in [3.8, 4) is 0 Å². The first-order chi connectivity index (χ1) is 7.99. The third kappa shape index (κ3) is 1.58. The molecule has 0 radical (unpaired) electrons. The Morgan fingerprint density at radius 1 is 1.47 bits per heavy atom. The van der Waals surface area contributed by atoms with Crippen molar-refractivity contribution in [3.63, 3.8) is 0 Å². The Balaban J connectivity index is 2.63. The van der Waals surface area contributed by atoms with E-state index in [0.29, 0.717) is 24.0 Å². The molecule has 0 bridgehead atoms. The van der Waals surface area contributed by atoms with Crippen LogP contribution in [0.4, 0.5) is 5.69 Å². The van der Waals surface area contributed by atoms with Gasteiger partial charge in [-0.3, -0.25) is 14.9 Å². The summed E-state index contributed by atoms with van der Waals surface area (Å²) in [6.45, 7) is 1.63. The van der Waals surface area contributed by atoms with Crippen molar-refractivity contribution in [2.75, 3.05) is 0 Å². The van der Waals surface area contributed by atoms with Crippen LogP contribution < -0.4 is 0 Å². The second-order valence-corrected chi connectivity index (χ2v) is 4.47. The van der Waals surface area contributed by atoms with Crippen LogP contribution in [-0.2, 0) is 10.2 Å². The van der Waals surface area contributed by atoms with Crippen molar-refractivity contribution >= 4 is 11.7 Å². The SMILES string of the molecule is Cc1cccc(C2(C(=O)O)CCC2)c1[N+](=O)[O-]. The fourth-order valence-electron chi connectivity index (χ4n) is 2.42. The van der Waals surface area contributed by atoms with Crippen LogP contribution in [0.5, 0.6) is 0 Å². The number of carbonyl (C=O) groups is 1. The maximum Gasteiger partial charge on any atom is 0.314 e. The molecule has 1 fully saturated rings. The van der Waals surface area contributed by atoms with Gasteiger partial charge in [0.05, 0.1) is 10.3 Å². The largest absolute Gasteiger partial charge is 0.481 e. The molecule has 1 saturated carbocycles. The van der Waals surface area contributed by atoms with Gasteiger partial charge in [-0.25, -0.2) is 0 Å². The smallest absolute Gasteiger partial charge is 0.314 e. The van der Waals surface area contributed by atoms with E-state index in [1.165, 1.54) is 0 Å². The van der Waals surface area contributed by atoms with Gasteiger partial charge in [-0.2, -0.15) is 0 Å². The number of hydrogen-bond acceptors (Lipinski definition) is 3. The lowest BCUT2D eigenvalue weighted by Crippen LogP contribution is -2.42. The molecule has 5 nitrogen and oxygen atoms in total. The van der Waals surface area contributed by atoms with Gasteiger partial charge >= 0.3 is 5.97 Å². The first-order valence-electron chi connectivity index (χ1n) is 5.47. The van der Waals surface area contributed by atoms with Gasteiger partial charge in [-0.05, 0) is 19.8 Å². The highest BCUT2D eigenvalue weighted by Crippen LogP contribution is 2.47. The molecule has 5 heteroatoms. The zero-order valence-corrected chi connectivity index (χ0v) is 9.47. The molecular formula is C12H13NO4. The highest BCUT2D eigenvalue weighted by Gasteiger charge is 2.49. The molecule has 1 aromatic rings. The summed E-state index contributed by atoms with van der Waals surface area (Å²) in [6, 6.07) is 4.88. The van der Waals surface area contributed by atoms with Gasteiger partial charge in [0.1, 0.15) is 0 Å². The number of nitro groups is 1. The Hall–Kier alpha value is -1.91. The zero-order chi connectivity index (χ0) is 12.6. The lowest BCUT2D eigenvalue weighted by Gasteiger charge is -2.37. The standard InChI is InChI=1S/C12H13NO4/c1-8-4-2-5-9(10(8)13(16)17)12(11(14)15)6-3-7-12/h2,4-5H,3,6-7H2,1H3,(H,14,15). The lowest BCUT2D eigenvalue weighted by atomic mass is 9.64. The van der Waals surface area contributed by atoms with E-state index in [-0.39, 0.29) is 5.69 Å². The monoisotopic (exact) mass is 235 g/mol. The minimum atomic E-state index is -1.05. The van der Waals surface area contributed by atoms with E-state index >= 15 is 0 Å². The van der Waals surface area contributed by atoms with Crippen molar-refractivity contribution in [1.29, 1.82) is 0 Å². The Morgan fingerprint density at radius 2 is 2.12 bits per heavy atom. The molecule has 1 aromatic carbocycles. The van der Waals surface area contributed by atoms with Crippen LogP contribution in [0.3, 0.4) is 0 Å². The number of carboxylic acid groups (broad SMARTS) is 1. The van der Waals surface area contributed by atoms with E-state index in [9.17, 15) is 20.0 Å². The summed E-state index contributed by atoms with van der Waals surface area (Å²) in [5, 5.41) is 20.4. The quantitative estimate of drug-likeness (QED) is 0.644. The van der Waals surface area contributed by atoms with E-state index in [4.69, 9.17) is 0 Å². The molecule has 0 saturated heterocycles. The number of hydrogen-bond donors (Lipinski definition) is 1. The molecule has 0 unspecified atom stereocenters. The molecule has 17 heavy (non-hydrogen) atoms. The van der Waals surface area contributed by atoms with Gasteiger partial charge in [0.2, 0.25) is 0 Å². The van der Waals surface area contributed by atoms with E-state index in [0.717, 1.165) is 6.42 Å². The van der Waals surface area contributed by atoms with Gasteiger partial charge in [-0.15, -0.1) is 0 Å². The van der Waals surface area contributed by atoms with Crippen LogP contribution in [0.15, 0.2) is 18.2 Å².